The molecule has 114 valence electrons. The van der Waals surface area contributed by atoms with Gasteiger partial charge in [0.2, 0.25) is 5.75 Å². The Labute approximate surface area is 149 Å². The molecule has 0 aliphatic rings. The lowest BCUT2D eigenvalue weighted by Crippen LogP contribution is -1.98. The van der Waals surface area contributed by atoms with Crippen molar-refractivity contribution in [3.05, 3.63) is 36.9 Å². The number of thiophene rings is 1. The van der Waals surface area contributed by atoms with Gasteiger partial charge in [-0.2, -0.15) is 0 Å². The maximum Gasteiger partial charge on any atom is 0.203 e. The van der Waals surface area contributed by atoms with Gasteiger partial charge in [-0.15, -0.1) is 22.9 Å². The van der Waals surface area contributed by atoms with Gasteiger partial charge < -0.3 is 14.2 Å². The SMILES string of the molecule is COc1cc(C(Cl)c2cc(Br)c(Br)s2)cc(OC)c1OC. The van der Waals surface area contributed by atoms with E-state index in [4.69, 9.17) is 25.8 Å². The molecule has 1 atom stereocenters. The first-order valence-corrected chi connectivity index (χ1v) is 8.74. The quantitative estimate of drug-likeness (QED) is 0.546. The number of methoxy groups -OCH3 is 3. The Morgan fingerprint density at radius 2 is 1.57 bits per heavy atom. The average molecular weight is 457 g/mol. The summed E-state index contributed by atoms with van der Waals surface area (Å²) in [6.45, 7) is 0. The van der Waals surface area contributed by atoms with Crippen molar-refractivity contribution in [1.82, 2.24) is 0 Å². The van der Waals surface area contributed by atoms with Crippen molar-refractivity contribution in [2.75, 3.05) is 21.3 Å². The number of benzene rings is 1. The molecule has 21 heavy (non-hydrogen) atoms. The average Bonchev–Trinajstić information content (AvgIpc) is 2.84. The molecule has 0 radical (unpaired) electrons. The van der Waals surface area contributed by atoms with Crippen LogP contribution in [0.5, 0.6) is 17.2 Å². The summed E-state index contributed by atoms with van der Waals surface area (Å²) in [7, 11) is 4.75. The molecule has 0 aliphatic heterocycles. The number of hydrogen-bond donors (Lipinski definition) is 0. The van der Waals surface area contributed by atoms with Crippen molar-refractivity contribution in [3.8, 4) is 17.2 Å². The molecular formula is C14H13Br2ClO3S. The van der Waals surface area contributed by atoms with Crippen molar-refractivity contribution < 1.29 is 14.2 Å². The molecular weight excluding hydrogens is 443 g/mol. The van der Waals surface area contributed by atoms with Crippen molar-refractivity contribution >= 4 is 54.8 Å². The summed E-state index contributed by atoms with van der Waals surface area (Å²) in [6, 6.07) is 5.72. The van der Waals surface area contributed by atoms with E-state index in [9.17, 15) is 0 Å². The first-order chi connectivity index (χ1) is 10.0. The van der Waals surface area contributed by atoms with Gasteiger partial charge in [0.1, 0.15) is 0 Å². The highest BCUT2D eigenvalue weighted by Crippen LogP contribution is 2.45. The predicted octanol–water partition coefficient (Wildman–Crippen LogP) is 5.63. The van der Waals surface area contributed by atoms with Gasteiger partial charge in [0.05, 0.1) is 30.5 Å². The second-order valence-electron chi connectivity index (χ2n) is 4.09. The smallest absolute Gasteiger partial charge is 0.203 e. The number of hydrogen-bond acceptors (Lipinski definition) is 4. The molecule has 2 aromatic rings. The summed E-state index contributed by atoms with van der Waals surface area (Å²) in [5.74, 6) is 1.74. The fourth-order valence-electron chi connectivity index (χ4n) is 1.90. The number of alkyl halides is 1. The second-order valence-corrected chi connectivity index (χ2v) is 7.78. The zero-order valence-electron chi connectivity index (χ0n) is 11.6. The highest BCUT2D eigenvalue weighted by atomic mass is 79.9. The molecule has 1 aromatic heterocycles. The third-order valence-corrected chi connectivity index (χ3v) is 6.83. The van der Waals surface area contributed by atoms with E-state index in [0.717, 1.165) is 18.7 Å². The molecule has 0 saturated carbocycles. The van der Waals surface area contributed by atoms with Gasteiger partial charge in [-0.3, -0.25) is 0 Å². The van der Waals surface area contributed by atoms with Crippen LogP contribution in [0.25, 0.3) is 0 Å². The highest BCUT2D eigenvalue weighted by molar-refractivity contribution is 9.13. The van der Waals surface area contributed by atoms with Crippen molar-refractivity contribution in [1.29, 1.82) is 0 Å². The maximum absolute atomic E-state index is 6.59. The zero-order chi connectivity index (χ0) is 15.6. The predicted molar refractivity (Wildman–Crippen MR) is 93.5 cm³/mol. The normalized spacial score (nSPS) is 12.1. The van der Waals surface area contributed by atoms with E-state index >= 15 is 0 Å². The number of ether oxygens (including phenoxy) is 3. The fourth-order valence-corrected chi connectivity index (χ4v) is 4.32. The summed E-state index contributed by atoms with van der Waals surface area (Å²) >= 11 is 15.1. The van der Waals surface area contributed by atoms with Gasteiger partial charge >= 0.3 is 0 Å². The Hall–Kier alpha value is -0.430. The molecule has 1 aromatic carbocycles. The lowest BCUT2D eigenvalue weighted by Gasteiger charge is -2.16. The molecule has 1 unspecified atom stereocenters. The Morgan fingerprint density at radius 1 is 1.00 bits per heavy atom. The van der Waals surface area contributed by atoms with Gasteiger partial charge in [-0.1, -0.05) is 0 Å². The highest BCUT2D eigenvalue weighted by Gasteiger charge is 2.20. The minimum Gasteiger partial charge on any atom is -0.493 e. The largest absolute Gasteiger partial charge is 0.493 e. The van der Waals surface area contributed by atoms with Gasteiger partial charge in [0.25, 0.3) is 0 Å². The van der Waals surface area contributed by atoms with E-state index in [-0.39, 0.29) is 5.38 Å². The lowest BCUT2D eigenvalue weighted by molar-refractivity contribution is 0.324. The Balaban J connectivity index is 2.48. The molecule has 0 fully saturated rings. The van der Waals surface area contributed by atoms with Crippen molar-refractivity contribution in [2.45, 2.75) is 5.38 Å². The van der Waals surface area contributed by atoms with E-state index in [0.29, 0.717) is 17.2 Å². The van der Waals surface area contributed by atoms with E-state index in [1.165, 1.54) is 0 Å². The maximum atomic E-state index is 6.59. The van der Waals surface area contributed by atoms with Crippen LogP contribution in [0.2, 0.25) is 0 Å². The molecule has 3 nitrogen and oxygen atoms in total. The minimum absolute atomic E-state index is 0.300. The third kappa shape index (κ3) is 3.50. The topological polar surface area (TPSA) is 27.7 Å². The van der Waals surface area contributed by atoms with Gasteiger partial charge in [-0.25, -0.2) is 0 Å². The number of rotatable bonds is 5. The van der Waals surface area contributed by atoms with Gasteiger partial charge in [-0.05, 0) is 55.6 Å². The van der Waals surface area contributed by atoms with Crippen LogP contribution in [0.3, 0.4) is 0 Å². The molecule has 0 bridgehead atoms. The Kier molecular flexibility index (Phi) is 5.82. The molecule has 0 saturated heterocycles. The van der Waals surface area contributed by atoms with Crippen molar-refractivity contribution in [2.24, 2.45) is 0 Å². The summed E-state index contributed by atoms with van der Waals surface area (Å²) in [6.07, 6.45) is 0. The Bertz CT molecular complexity index is 601. The van der Waals surface area contributed by atoms with Gasteiger partial charge in [0.15, 0.2) is 11.5 Å². The van der Waals surface area contributed by atoms with Crippen molar-refractivity contribution in [3.63, 3.8) is 0 Å². The summed E-state index contributed by atoms with van der Waals surface area (Å²) in [5, 5.41) is -0.300. The minimum atomic E-state index is -0.300. The molecule has 7 heteroatoms. The monoisotopic (exact) mass is 454 g/mol. The summed E-state index contributed by atoms with van der Waals surface area (Å²) in [5.41, 5.74) is 0.882. The molecule has 0 spiro atoms. The second kappa shape index (κ2) is 7.22. The molecule has 0 amide bonds. The van der Waals surface area contributed by atoms with Crippen LogP contribution in [0.4, 0.5) is 0 Å². The zero-order valence-corrected chi connectivity index (χ0v) is 16.3. The van der Waals surface area contributed by atoms with Gasteiger partial charge in [0, 0.05) is 9.35 Å². The standard InChI is InChI=1S/C14H13Br2ClO3S/c1-18-9-4-7(5-10(19-2)13(9)20-3)12(17)11-6-8(15)14(16)21-11/h4-6,12H,1-3H3. The molecule has 0 aliphatic carbocycles. The first-order valence-electron chi connectivity index (χ1n) is 5.90. The third-order valence-electron chi connectivity index (χ3n) is 2.89. The number of halogens is 3. The summed E-state index contributed by atoms with van der Waals surface area (Å²) in [4.78, 5) is 1.02. The first kappa shape index (κ1) is 16.9. The van der Waals surface area contributed by atoms with E-state index < -0.39 is 0 Å². The molecule has 2 rings (SSSR count). The van der Waals surface area contributed by atoms with Crippen LogP contribution < -0.4 is 14.2 Å². The fraction of sp³-hybridized carbons (Fsp3) is 0.286. The molecule has 1 heterocycles. The van der Waals surface area contributed by atoms with Crippen LogP contribution in [0.1, 0.15) is 15.8 Å². The van der Waals surface area contributed by atoms with Crippen LogP contribution in [0, 0.1) is 0 Å². The lowest BCUT2D eigenvalue weighted by atomic mass is 10.1. The van der Waals surface area contributed by atoms with Crippen LogP contribution >= 0.6 is 54.8 Å². The van der Waals surface area contributed by atoms with E-state index in [2.05, 4.69) is 31.9 Å². The van der Waals surface area contributed by atoms with Crippen LogP contribution in [-0.2, 0) is 0 Å². The van der Waals surface area contributed by atoms with E-state index in [1.807, 2.05) is 18.2 Å². The van der Waals surface area contributed by atoms with Crippen LogP contribution in [0.15, 0.2) is 26.5 Å². The Morgan fingerprint density at radius 3 is 1.95 bits per heavy atom. The van der Waals surface area contributed by atoms with Crippen LogP contribution in [-0.4, -0.2) is 21.3 Å². The summed E-state index contributed by atoms with van der Waals surface area (Å²) < 4.78 is 18.0. The van der Waals surface area contributed by atoms with E-state index in [1.54, 1.807) is 32.7 Å². The molecule has 0 N–H and O–H groups in total.